The van der Waals surface area contributed by atoms with Crippen molar-refractivity contribution in [3.05, 3.63) is 54.1 Å². The smallest absolute Gasteiger partial charge is 0.191 e. The molecule has 0 radical (unpaired) electrons. The fraction of sp³-hybridized carbons (Fsp3) is 0.455. The normalized spacial score (nSPS) is 16.5. The summed E-state index contributed by atoms with van der Waals surface area (Å²) in [5.74, 6) is 0.911. The van der Waals surface area contributed by atoms with Crippen LogP contribution in [0.25, 0.3) is 0 Å². The van der Waals surface area contributed by atoms with E-state index in [2.05, 4.69) is 20.6 Å². The number of ether oxygens (including phenoxy) is 3. The molecule has 2 N–H and O–H groups in total. The zero-order chi connectivity index (χ0) is 21.0. The molecule has 2 heterocycles. The Labute approximate surface area is 176 Å². The van der Waals surface area contributed by atoms with Crippen LogP contribution in [0, 0.1) is 5.82 Å². The van der Waals surface area contributed by atoms with Gasteiger partial charge in [0.15, 0.2) is 17.5 Å². The minimum Gasteiger partial charge on any atom is -0.453 e. The molecular weight excluding hydrogens is 387 g/mol. The van der Waals surface area contributed by atoms with Gasteiger partial charge < -0.3 is 24.8 Å². The highest BCUT2D eigenvalue weighted by molar-refractivity contribution is 5.79. The van der Waals surface area contributed by atoms with Gasteiger partial charge in [0.05, 0.1) is 25.5 Å². The first-order valence-electron chi connectivity index (χ1n) is 10.3. The Balaban J connectivity index is 1.46. The molecule has 3 rings (SSSR count). The first-order chi connectivity index (χ1) is 14.7. The second-order valence-corrected chi connectivity index (χ2v) is 6.89. The van der Waals surface area contributed by atoms with Crippen LogP contribution in [0.5, 0.6) is 11.5 Å². The van der Waals surface area contributed by atoms with Crippen LogP contribution >= 0.6 is 0 Å². The molecule has 1 saturated heterocycles. The molecule has 1 aromatic heterocycles. The molecule has 162 valence electrons. The number of rotatable bonds is 10. The summed E-state index contributed by atoms with van der Waals surface area (Å²) < 4.78 is 31.0. The highest BCUT2D eigenvalue weighted by atomic mass is 19.1. The molecule has 7 nitrogen and oxygen atoms in total. The van der Waals surface area contributed by atoms with Gasteiger partial charge in [0.2, 0.25) is 0 Å². The number of guanidine groups is 1. The number of pyridine rings is 1. The van der Waals surface area contributed by atoms with Crippen molar-refractivity contribution < 1.29 is 18.6 Å². The van der Waals surface area contributed by atoms with Crippen molar-refractivity contribution in [2.45, 2.75) is 32.4 Å². The Morgan fingerprint density at radius 3 is 3.00 bits per heavy atom. The summed E-state index contributed by atoms with van der Waals surface area (Å²) in [7, 11) is 0. The molecule has 0 aliphatic carbocycles. The number of aliphatic imine (C=N–C) groups is 1. The minimum atomic E-state index is -0.433. The van der Waals surface area contributed by atoms with E-state index in [0.717, 1.165) is 38.1 Å². The van der Waals surface area contributed by atoms with E-state index in [1.165, 1.54) is 6.07 Å². The van der Waals surface area contributed by atoms with Crippen LogP contribution in [0.15, 0.2) is 47.7 Å². The highest BCUT2D eigenvalue weighted by Crippen LogP contribution is 2.24. The van der Waals surface area contributed by atoms with Crippen LogP contribution in [0.2, 0.25) is 0 Å². The van der Waals surface area contributed by atoms with Crippen molar-refractivity contribution in [2.75, 3.05) is 32.9 Å². The van der Waals surface area contributed by atoms with Crippen molar-refractivity contribution in [2.24, 2.45) is 4.99 Å². The second kappa shape index (κ2) is 12.1. The van der Waals surface area contributed by atoms with Gasteiger partial charge in [-0.15, -0.1) is 0 Å². The summed E-state index contributed by atoms with van der Waals surface area (Å²) in [5, 5.41) is 6.47. The van der Waals surface area contributed by atoms with Crippen LogP contribution in [0.3, 0.4) is 0 Å². The fourth-order valence-electron chi connectivity index (χ4n) is 2.95. The lowest BCUT2D eigenvalue weighted by Gasteiger charge is -2.13. The van der Waals surface area contributed by atoms with Gasteiger partial charge in [-0.05, 0) is 49.6 Å². The van der Waals surface area contributed by atoms with Gasteiger partial charge in [0.25, 0.3) is 0 Å². The molecule has 1 aromatic carbocycles. The topological polar surface area (TPSA) is 77.0 Å². The van der Waals surface area contributed by atoms with Crippen LogP contribution in [0.4, 0.5) is 4.39 Å². The standard InChI is InChI=1S/C22H29FN4O3/c1-2-25-22(26-10-4-11-29-19-8-12-28-16-19)27-14-17-6-7-21(20(23)13-17)30-18-5-3-9-24-15-18/h3,5-7,9,13,15,19H,2,4,8,10-12,14,16H2,1H3,(H2,25,26,27). The van der Waals surface area contributed by atoms with E-state index < -0.39 is 5.82 Å². The lowest BCUT2D eigenvalue weighted by Crippen LogP contribution is -2.38. The monoisotopic (exact) mass is 416 g/mol. The van der Waals surface area contributed by atoms with Gasteiger partial charge >= 0.3 is 0 Å². The molecule has 1 fully saturated rings. The summed E-state index contributed by atoms with van der Waals surface area (Å²) in [5.41, 5.74) is 0.757. The largest absolute Gasteiger partial charge is 0.453 e. The van der Waals surface area contributed by atoms with E-state index in [1.54, 1.807) is 36.7 Å². The molecule has 1 atom stereocenters. The molecule has 1 unspecified atom stereocenters. The van der Waals surface area contributed by atoms with E-state index in [0.29, 0.717) is 31.5 Å². The van der Waals surface area contributed by atoms with Gasteiger partial charge in [-0.25, -0.2) is 9.38 Å². The summed E-state index contributed by atoms with van der Waals surface area (Å²) >= 11 is 0. The van der Waals surface area contributed by atoms with Crippen LogP contribution in [0.1, 0.15) is 25.3 Å². The maximum Gasteiger partial charge on any atom is 0.191 e. The third-order valence-electron chi connectivity index (χ3n) is 4.48. The Morgan fingerprint density at radius 1 is 1.33 bits per heavy atom. The lowest BCUT2D eigenvalue weighted by molar-refractivity contribution is 0.0420. The molecule has 0 bridgehead atoms. The molecule has 2 aromatic rings. The third kappa shape index (κ3) is 7.27. The number of halogens is 1. The molecule has 30 heavy (non-hydrogen) atoms. The predicted octanol–water partition coefficient (Wildman–Crippen LogP) is 3.26. The van der Waals surface area contributed by atoms with Crippen molar-refractivity contribution in [3.8, 4) is 11.5 Å². The average molecular weight is 416 g/mol. The lowest BCUT2D eigenvalue weighted by atomic mass is 10.2. The van der Waals surface area contributed by atoms with E-state index in [4.69, 9.17) is 14.2 Å². The van der Waals surface area contributed by atoms with Gasteiger partial charge in [0.1, 0.15) is 5.75 Å². The van der Waals surface area contributed by atoms with Crippen LogP contribution in [-0.4, -0.2) is 50.0 Å². The van der Waals surface area contributed by atoms with Crippen molar-refractivity contribution in [1.82, 2.24) is 15.6 Å². The molecule has 0 amide bonds. The summed E-state index contributed by atoms with van der Waals surface area (Å²) in [4.78, 5) is 8.49. The Hall–Kier alpha value is -2.71. The van der Waals surface area contributed by atoms with Crippen molar-refractivity contribution >= 4 is 5.96 Å². The number of nitrogens with one attached hydrogen (secondary N) is 2. The zero-order valence-corrected chi connectivity index (χ0v) is 17.3. The van der Waals surface area contributed by atoms with Gasteiger partial charge in [-0.3, -0.25) is 4.98 Å². The van der Waals surface area contributed by atoms with E-state index in [9.17, 15) is 4.39 Å². The summed E-state index contributed by atoms with van der Waals surface area (Å²) in [6.07, 6.45) is 5.25. The average Bonchev–Trinajstić information content (AvgIpc) is 3.28. The van der Waals surface area contributed by atoms with Crippen LogP contribution in [-0.2, 0) is 16.0 Å². The molecule has 1 aliphatic rings. The molecule has 0 spiro atoms. The zero-order valence-electron chi connectivity index (χ0n) is 17.3. The maximum absolute atomic E-state index is 14.4. The third-order valence-corrected chi connectivity index (χ3v) is 4.48. The molecule has 0 saturated carbocycles. The van der Waals surface area contributed by atoms with E-state index in [-0.39, 0.29) is 11.9 Å². The Bertz CT molecular complexity index is 798. The quantitative estimate of drug-likeness (QED) is 0.352. The Morgan fingerprint density at radius 2 is 2.27 bits per heavy atom. The SMILES string of the molecule is CCNC(=NCc1ccc(Oc2cccnc2)c(F)c1)NCCCOC1CCOC1. The molecule has 8 heteroatoms. The Kier molecular flexibility index (Phi) is 8.86. The van der Waals surface area contributed by atoms with Gasteiger partial charge in [-0.2, -0.15) is 0 Å². The minimum absolute atomic E-state index is 0.161. The second-order valence-electron chi connectivity index (χ2n) is 6.89. The van der Waals surface area contributed by atoms with Crippen molar-refractivity contribution in [1.29, 1.82) is 0 Å². The number of nitrogens with zero attached hydrogens (tertiary/aromatic N) is 2. The maximum atomic E-state index is 14.4. The summed E-state index contributed by atoms with van der Waals surface area (Å²) in [6.45, 7) is 6.02. The number of hydrogen-bond donors (Lipinski definition) is 2. The summed E-state index contributed by atoms with van der Waals surface area (Å²) in [6, 6.07) is 8.32. The number of benzene rings is 1. The van der Waals surface area contributed by atoms with E-state index in [1.807, 2.05) is 6.92 Å². The fourth-order valence-corrected chi connectivity index (χ4v) is 2.95. The predicted molar refractivity (Wildman–Crippen MR) is 113 cm³/mol. The van der Waals surface area contributed by atoms with Gasteiger partial charge in [-0.1, -0.05) is 6.07 Å². The number of hydrogen-bond acceptors (Lipinski definition) is 5. The first kappa shape index (κ1) is 22.0. The van der Waals surface area contributed by atoms with Crippen LogP contribution < -0.4 is 15.4 Å². The molecule has 1 aliphatic heterocycles. The van der Waals surface area contributed by atoms with Gasteiger partial charge in [0, 0.05) is 32.5 Å². The molecular formula is C22H29FN4O3. The highest BCUT2D eigenvalue weighted by Gasteiger charge is 2.15. The number of aromatic nitrogens is 1. The van der Waals surface area contributed by atoms with Crippen molar-refractivity contribution in [3.63, 3.8) is 0 Å². The first-order valence-corrected chi connectivity index (χ1v) is 10.3. The van der Waals surface area contributed by atoms with E-state index >= 15 is 0 Å².